The van der Waals surface area contributed by atoms with Crippen molar-refractivity contribution in [2.75, 3.05) is 27.4 Å². The molecule has 0 saturated heterocycles. The Morgan fingerprint density at radius 2 is 1.91 bits per heavy atom. The van der Waals surface area contributed by atoms with E-state index in [0.717, 1.165) is 63.1 Å². The third kappa shape index (κ3) is 5.16. The number of hydrogen-bond acceptors (Lipinski definition) is 5. The summed E-state index contributed by atoms with van der Waals surface area (Å²) in [5.41, 5.74) is 5.05. The molecule has 1 heterocycles. The highest BCUT2D eigenvalue weighted by atomic mass is 16.5. The molecule has 33 heavy (non-hydrogen) atoms. The standard InChI is InChI=1S/C27H33NO5/c1-7-9-12-28-25(29)13-17(3)20-15-22-23(16-33-27(22)18(4)26(20)32-8-2)21-14-19(30-5)10-11-24(21)31-6/h10-11,13-16H,7-9,12H2,1-6H3,(H,28,29)/b17-13+. The molecule has 1 N–H and O–H groups in total. The first-order valence-corrected chi connectivity index (χ1v) is 11.3. The highest BCUT2D eigenvalue weighted by Crippen LogP contribution is 2.43. The van der Waals surface area contributed by atoms with Gasteiger partial charge in [-0.05, 0) is 57.0 Å². The molecule has 0 atom stereocenters. The van der Waals surface area contributed by atoms with Gasteiger partial charge in [0.15, 0.2) is 0 Å². The number of unbranched alkanes of at least 4 members (excludes halogenated alkanes) is 1. The van der Waals surface area contributed by atoms with Crippen molar-refractivity contribution in [2.24, 2.45) is 0 Å². The number of carbonyl (C=O) groups is 1. The van der Waals surface area contributed by atoms with E-state index in [-0.39, 0.29) is 5.91 Å². The van der Waals surface area contributed by atoms with Gasteiger partial charge in [0.05, 0.1) is 27.1 Å². The van der Waals surface area contributed by atoms with Crippen LogP contribution in [0.15, 0.2) is 41.0 Å². The minimum atomic E-state index is -0.108. The number of amides is 1. The van der Waals surface area contributed by atoms with E-state index in [4.69, 9.17) is 18.6 Å². The minimum absolute atomic E-state index is 0.108. The van der Waals surface area contributed by atoms with Crippen molar-refractivity contribution in [1.82, 2.24) is 5.32 Å². The Balaban J connectivity index is 2.17. The quantitative estimate of drug-likeness (QED) is 0.296. The molecular formula is C27H33NO5. The normalized spacial score (nSPS) is 11.5. The highest BCUT2D eigenvalue weighted by Gasteiger charge is 2.21. The number of allylic oxidation sites excluding steroid dienone is 1. The lowest BCUT2D eigenvalue weighted by molar-refractivity contribution is -0.116. The summed E-state index contributed by atoms with van der Waals surface area (Å²) in [5, 5.41) is 3.86. The summed E-state index contributed by atoms with van der Waals surface area (Å²) in [6.45, 7) is 9.11. The van der Waals surface area contributed by atoms with Gasteiger partial charge in [-0.25, -0.2) is 0 Å². The van der Waals surface area contributed by atoms with Gasteiger partial charge in [-0.2, -0.15) is 0 Å². The predicted octanol–water partition coefficient (Wildman–Crippen LogP) is 6.14. The van der Waals surface area contributed by atoms with Gasteiger partial charge < -0.3 is 23.9 Å². The van der Waals surface area contributed by atoms with Crippen LogP contribution in [0.25, 0.3) is 27.7 Å². The second-order valence-electron chi connectivity index (χ2n) is 7.88. The fourth-order valence-corrected chi connectivity index (χ4v) is 3.89. The lowest BCUT2D eigenvalue weighted by Crippen LogP contribution is -2.22. The number of benzene rings is 2. The lowest BCUT2D eigenvalue weighted by Gasteiger charge is -2.15. The van der Waals surface area contributed by atoms with E-state index < -0.39 is 0 Å². The van der Waals surface area contributed by atoms with Crippen molar-refractivity contribution >= 4 is 22.4 Å². The van der Waals surface area contributed by atoms with Gasteiger partial charge in [0.1, 0.15) is 22.8 Å². The van der Waals surface area contributed by atoms with Gasteiger partial charge in [-0.1, -0.05) is 13.3 Å². The number of hydrogen-bond donors (Lipinski definition) is 1. The molecule has 1 aromatic heterocycles. The Kier molecular flexibility index (Phi) is 8.04. The van der Waals surface area contributed by atoms with E-state index >= 15 is 0 Å². The Bertz CT molecular complexity index is 1160. The van der Waals surface area contributed by atoms with E-state index in [2.05, 4.69) is 12.2 Å². The molecule has 3 aromatic rings. The van der Waals surface area contributed by atoms with Crippen LogP contribution >= 0.6 is 0 Å². The molecule has 0 bridgehead atoms. The van der Waals surface area contributed by atoms with Crippen LogP contribution in [0.1, 0.15) is 44.7 Å². The summed E-state index contributed by atoms with van der Waals surface area (Å²) < 4.78 is 23.0. The number of fused-ring (bicyclic) bond motifs is 1. The Hall–Kier alpha value is -3.41. The summed E-state index contributed by atoms with van der Waals surface area (Å²) >= 11 is 0. The third-order valence-electron chi connectivity index (χ3n) is 5.63. The molecule has 0 fully saturated rings. The number of furan rings is 1. The molecule has 0 aliphatic carbocycles. The number of methoxy groups -OCH3 is 2. The molecule has 0 aliphatic heterocycles. The second kappa shape index (κ2) is 10.9. The van der Waals surface area contributed by atoms with Crippen LogP contribution in [0.3, 0.4) is 0 Å². The zero-order valence-corrected chi connectivity index (χ0v) is 20.3. The maximum atomic E-state index is 12.4. The molecule has 0 aliphatic rings. The zero-order chi connectivity index (χ0) is 24.0. The summed E-state index contributed by atoms with van der Waals surface area (Å²) in [7, 11) is 3.27. The van der Waals surface area contributed by atoms with E-state index in [1.807, 2.05) is 45.0 Å². The first-order valence-electron chi connectivity index (χ1n) is 11.3. The first kappa shape index (κ1) is 24.2. The fourth-order valence-electron chi connectivity index (χ4n) is 3.89. The molecule has 6 heteroatoms. The van der Waals surface area contributed by atoms with Crippen LogP contribution in [0.2, 0.25) is 0 Å². The molecule has 1 amide bonds. The largest absolute Gasteiger partial charge is 0.497 e. The van der Waals surface area contributed by atoms with Crippen molar-refractivity contribution in [3.8, 4) is 28.4 Å². The number of carbonyl (C=O) groups excluding carboxylic acids is 1. The number of rotatable bonds is 10. The second-order valence-corrected chi connectivity index (χ2v) is 7.88. The molecule has 0 spiro atoms. The van der Waals surface area contributed by atoms with Crippen LogP contribution in [0.4, 0.5) is 0 Å². The van der Waals surface area contributed by atoms with Crippen LogP contribution < -0.4 is 19.5 Å². The average molecular weight is 452 g/mol. The minimum Gasteiger partial charge on any atom is -0.497 e. The number of ether oxygens (including phenoxy) is 3. The smallest absolute Gasteiger partial charge is 0.244 e. The fraction of sp³-hybridized carbons (Fsp3) is 0.370. The van der Waals surface area contributed by atoms with Gasteiger partial charge >= 0.3 is 0 Å². The summed E-state index contributed by atoms with van der Waals surface area (Å²) in [6.07, 6.45) is 5.34. The van der Waals surface area contributed by atoms with E-state index in [0.29, 0.717) is 18.9 Å². The van der Waals surface area contributed by atoms with Crippen LogP contribution in [-0.2, 0) is 4.79 Å². The number of nitrogens with one attached hydrogen (secondary N) is 1. The van der Waals surface area contributed by atoms with Crippen molar-refractivity contribution in [2.45, 2.75) is 40.5 Å². The Morgan fingerprint density at radius 1 is 1.12 bits per heavy atom. The Morgan fingerprint density at radius 3 is 2.58 bits per heavy atom. The van der Waals surface area contributed by atoms with E-state index in [1.54, 1.807) is 26.6 Å². The summed E-state index contributed by atoms with van der Waals surface area (Å²) in [6, 6.07) is 7.69. The average Bonchev–Trinajstić information content (AvgIpc) is 3.24. The molecule has 6 nitrogen and oxygen atoms in total. The van der Waals surface area contributed by atoms with Crippen molar-refractivity contribution in [3.05, 3.63) is 47.7 Å². The molecule has 3 rings (SSSR count). The molecule has 0 saturated carbocycles. The van der Waals surface area contributed by atoms with Crippen molar-refractivity contribution in [1.29, 1.82) is 0 Å². The maximum absolute atomic E-state index is 12.4. The van der Waals surface area contributed by atoms with Gasteiger partial charge in [0.2, 0.25) is 5.91 Å². The van der Waals surface area contributed by atoms with Crippen LogP contribution in [0.5, 0.6) is 17.2 Å². The van der Waals surface area contributed by atoms with Crippen LogP contribution in [0, 0.1) is 6.92 Å². The molecular weight excluding hydrogens is 418 g/mol. The molecule has 2 aromatic carbocycles. The summed E-state index contributed by atoms with van der Waals surface area (Å²) in [5.74, 6) is 2.05. The molecule has 0 radical (unpaired) electrons. The molecule has 0 unspecified atom stereocenters. The number of aryl methyl sites for hydroxylation is 1. The van der Waals surface area contributed by atoms with Crippen molar-refractivity contribution in [3.63, 3.8) is 0 Å². The van der Waals surface area contributed by atoms with Gasteiger partial charge in [-0.15, -0.1) is 0 Å². The lowest BCUT2D eigenvalue weighted by atomic mass is 9.96. The SMILES string of the molecule is CCCCNC(=O)/C=C(\C)c1cc2c(-c3cc(OC)ccc3OC)coc2c(C)c1OCC. The monoisotopic (exact) mass is 451 g/mol. The van der Waals surface area contributed by atoms with Gasteiger partial charge in [0, 0.05) is 40.3 Å². The topological polar surface area (TPSA) is 69.9 Å². The van der Waals surface area contributed by atoms with Crippen LogP contribution in [-0.4, -0.2) is 33.3 Å². The Labute approximate surface area is 195 Å². The maximum Gasteiger partial charge on any atom is 0.244 e. The van der Waals surface area contributed by atoms with Gasteiger partial charge in [-0.3, -0.25) is 4.79 Å². The third-order valence-corrected chi connectivity index (χ3v) is 5.63. The summed E-state index contributed by atoms with van der Waals surface area (Å²) in [4.78, 5) is 12.4. The van der Waals surface area contributed by atoms with Crippen molar-refractivity contribution < 1.29 is 23.4 Å². The van der Waals surface area contributed by atoms with E-state index in [1.165, 1.54) is 0 Å². The van der Waals surface area contributed by atoms with Gasteiger partial charge in [0.25, 0.3) is 0 Å². The first-order chi connectivity index (χ1) is 15.9. The molecule has 176 valence electrons. The zero-order valence-electron chi connectivity index (χ0n) is 20.3. The highest BCUT2D eigenvalue weighted by molar-refractivity contribution is 6.02. The van der Waals surface area contributed by atoms with E-state index in [9.17, 15) is 4.79 Å². The predicted molar refractivity (Wildman–Crippen MR) is 132 cm³/mol.